The van der Waals surface area contributed by atoms with Crippen LogP contribution >= 0.6 is 11.3 Å². The lowest BCUT2D eigenvalue weighted by atomic mass is 9.97. The quantitative estimate of drug-likeness (QED) is 0.643. The number of hydrogen-bond acceptors (Lipinski definition) is 3. The molecular formula is C22H24N2OS. The van der Waals surface area contributed by atoms with E-state index in [9.17, 15) is 4.79 Å². The van der Waals surface area contributed by atoms with Gasteiger partial charge in [0.05, 0.1) is 10.7 Å². The number of benzene rings is 2. The van der Waals surface area contributed by atoms with Gasteiger partial charge in [-0.15, -0.1) is 11.3 Å². The highest BCUT2D eigenvalue weighted by molar-refractivity contribution is 7.09. The molecule has 3 nitrogen and oxygen atoms in total. The normalized spacial score (nSPS) is 11.9. The summed E-state index contributed by atoms with van der Waals surface area (Å²) in [6.07, 6.45) is 1.36. The van der Waals surface area contributed by atoms with E-state index in [1.165, 1.54) is 11.1 Å². The number of nitrogens with one attached hydrogen (secondary N) is 1. The van der Waals surface area contributed by atoms with Gasteiger partial charge in [-0.1, -0.05) is 61.5 Å². The molecular weight excluding hydrogens is 340 g/mol. The molecule has 1 atom stereocenters. The molecule has 3 aromatic rings. The molecule has 0 aliphatic heterocycles. The molecule has 0 saturated carbocycles. The summed E-state index contributed by atoms with van der Waals surface area (Å²) in [6.45, 7) is 4.77. The van der Waals surface area contributed by atoms with Gasteiger partial charge in [-0.05, 0) is 30.4 Å². The summed E-state index contributed by atoms with van der Waals surface area (Å²) in [5.74, 6) is 0.341. The van der Waals surface area contributed by atoms with E-state index >= 15 is 0 Å². The maximum absolute atomic E-state index is 12.1. The zero-order chi connectivity index (χ0) is 18.4. The van der Waals surface area contributed by atoms with Gasteiger partial charge in [-0.3, -0.25) is 4.79 Å². The Bertz CT molecular complexity index is 840. The average molecular weight is 365 g/mol. The number of hydrogen-bond donors (Lipinski definition) is 1. The van der Waals surface area contributed by atoms with Crippen LogP contribution in [-0.2, 0) is 11.2 Å². The van der Waals surface area contributed by atoms with Crippen molar-refractivity contribution in [2.75, 3.05) is 6.54 Å². The van der Waals surface area contributed by atoms with Crippen molar-refractivity contribution >= 4 is 17.2 Å². The van der Waals surface area contributed by atoms with Crippen LogP contribution in [0.4, 0.5) is 0 Å². The lowest BCUT2D eigenvalue weighted by Crippen LogP contribution is -2.26. The summed E-state index contributed by atoms with van der Waals surface area (Å²) in [5.41, 5.74) is 4.59. The first kappa shape index (κ1) is 18.3. The van der Waals surface area contributed by atoms with Gasteiger partial charge in [0, 0.05) is 23.9 Å². The molecule has 1 amide bonds. The molecule has 134 valence electrons. The molecule has 1 heterocycles. The van der Waals surface area contributed by atoms with Crippen LogP contribution in [0.15, 0.2) is 60.0 Å². The first-order valence-electron chi connectivity index (χ1n) is 8.95. The molecule has 0 radical (unpaired) electrons. The zero-order valence-corrected chi connectivity index (χ0v) is 16.1. The summed E-state index contributed by atoms with van der Waals surface area (Å²) in [5, 5.41) is 6.19. The molecule has 1 unspecified atom stereocenters. The molecule has 0 bridgehead atoms. The fraction of sp³-hybridized carbons (Fsp3) is 0.273. The average Bonchev–Trinajstić information content (AvgIpc) is 3.09. The van der Waals surface area contributed by atoms with Crippen LogP contribution in [-0.4, -0.2) is 17.4 Å². The molecule has 0 saturated heterocycles. The topological polar surface area (TPSA) is 42.0 Å². The third kappa shape index (κ3) is 5.02. The second kappa shape index (κ2) is 8.77. The summed E-state index contributed by atoms with van der Waals surface area (Å²) in [4.78, 5) is 16.7. The fourth-order valence-corrected chi connectivity index (χ4v) is 3.56. The van der Waals surface area contributed by atoms with E-state index < -0.39 is 0 Å². The van der Waals surface area contributed by atoms with Gasteiger partial charge in [0.15, 0.2) is 0 Å². The Morgan fingerprint density at radius 3 is 2.50 bits per heavy atom. The first-order chi connectivity index (χ1) is 12.6. The highest BCUT2D eigenvalue weighted by Gasteiger charge is 2.10. The van der Waals surface area contributed by atoms with Crippen LogP contribution in [0.2, 0.25) is 0 Å². The van der Waals surface area contributed by atoms with Crippen LogP contribution in [0.25, 0.3) is 11.3 Å². The summed E-state index contributed by atoms with van der Waals surface area (Å²) in [6, 6.07) is 18.6. The van der Waals surface area contributed by atoms with Crippen LogP contribution in [0.3, 0.4) is 0 Å². The maximum atomic E-state index is 12.1. The van der Waals surface area contributed by atoms with Gasteiger partial charge in [-0.2, -0.15) is 0 Å². The van der Waals surface area contributed by atoms with Crippen LogP contribution in [0.5, 0.6) is 0 Å². The van der Waals surface area contributed by atoms with Crippen molar-refractivity contribution in [2.24, 2.45) is 0 Å². The predicted octanol–water partition coefficient (Wildman–Crippen LogP) is 4.97. The van der Waals surface area contributed by atoms with E-state index in [4.69, 9.17) is 0 Å². The second-order valence-corrected chi connectivity index (χ2v) is 7.63. The number of rotatable bonds is 7. The summed E-state index contributed by atoms with van der Waals surface area (Å²) >= 11 is 1.66. The van der Waals surface area contributed by atoms with Gasteiger partial charge in [0.2, 0.25) is 5.91 Å². The Morgan fingerprint density at radius 2 is 1.85 bits per heavy atom. The highest BCUT2D eigenvalue weighted by atomic mass is 32.1. The molecule has 2 aromatic carbocycles. The SMILES string of the molecule is Cc1nc(-c2ccc(CCNC(=O)CC(C)c3ccccc3)cc2)cs1. The van der Waals surface area contributed by atoms with Crippen molar-refractivity contribution in [1.29, 1.82) is 0 Å². The van der Waals surface area contributed by atoms with Crippen molar-refractivity contribution in [1.82, 2.24) is 10.3 Å². The van der Waals surface area contributed by atoms with E-state index in [1.54, 1.807) is 11.3 Å². The van der Waals surface area contributed by atoms with Gasteiger partial charge >= 0.3 is 0 Å². The minimum atomic E-state index is 0.107. The van der Waals surface area contributed by atoms with E-state index in [2.05, 4.69) is 59.0 Å². The zero-order valence-electron chi connectivity index (χ0n) is 15.2. The molecule has 0 aliphatic rings. The standard InChI is InChI=1S/C22H24N2OS/c1-16(19-6-4-3-5-7-19)14-22(25)23-13-12-18-8-10-20(11-9-18)21-15-26-17(2)24-21/h3-11,15-16H,12-14H2,1-2H3,(H,23,25). The highest BCUT2D eigenvalue weighted by Crippen LogP contribution is 2.22. The molecule has 1 N–H and O–H groups in total. The van der Waals surface area contributed by atoms with E-state index in [-0.39, 0.29) is 11.8 Å². The monoisotopic (exact) mass is 364 g/mol. The van der Waals surface area contributed by atoms with Crippen molar-refractivity contribution in [3.63, 3.8) is 0 Å². The number of amides is 1. The minimum Gasteiger partial charge on any atom is -0.356 e. The van der Waals surface area contributed by atoms with Crippen LogP contribution < -0.4 is 5.32 Å². The number of aryl methyl sites for hydroxylation is 1. The van der Waals surface area contributed by atoms with E-state index in [1.807, 2.05) is 25.1 Å². The molecule has 0 spiro atoms. The van der Waals surface area contributed by atoms with Gasteiger partial charge in [0.25, 0.3) is 0 Å². The maximum Gasteiger partial charge on any atom is 0.220 e. The van der Waals surface area contributed by atoms with Gasteiger partial charge < -0.3 is 5.32 Å². The van der Waals surface area contributed by atoms with Crippen LogP contribution in [0.1, 0.15) is 35.4 Å². The van der Waals surface area contributed by atoms with E-state index in [0.717, 1.165) is 22.7 Å². The third-order valence-electron chi connectivity index (χ3n) is 4.46. The minimum absolute atomic E-state index is 0.107. The lowest BCUT2D eigenvalue weighted by Gasteiger charge is -2.12. The molecule has 3 rings (SSSR count). The Balaban J connectivity index is 1.45. The molecule has 26 heavy (non-hydrogen) atoms. The molecule has 4 heteroatoms. The Morgan fingerprint density at radius 1 is 1.12 bits per heavy atom. The Hall–Kier alpha value is -2.46. The molecule has 0 fully saturated rings. The predicted molar refractivity (Wildman–Crippen MR) is 108 cm³/mol. The van der Waals surface area contributed by atoms with E-state index in [0.29, 0.717) is 13.0 Å². The fourth-order valence-electron chi connectivity index (χ4n) is 2.93. The number of carbonyl (C=O) groups excluding carboxylic acids is 1. The van der Waals surface area contributed by atoms with Crippen molar-refractivity contribution < 1.29 is 4.79 Å². The first-order valence-corrected chi connectivity index (χ1v) is 9.83. The van der Waals surface area contributed by atoms with Crippen molar-refractivity contribution in [3.8, 4) is 11.3 Å². The number of carbonyl (C=O) groups is 1. The molecule has 0 aliphatic carbocycles. The lowest BCUT2D eigenvalue weighted by molar-refractivity contribution is -0.121. The smallest absolute Gasteiger partial charge is 0.220 e. The summed E-state index contributed by atoms with van der Waals surface area (Å²) in [7, 11) is 0. The largest absolute Gasteiger partial charge is 0.356 e. The van der Waals surface area contributed by atoms with Crippen molar-refractivity contribution in [2.45, 2.75) is 32.6 Å². The van der Waals surface area contributed by atoms with Crippen LogP contribution in [0, 0.1) is 6.92 Å². The number of nitrogens with zero attached hydrogens (tertiary/aromatic N) is 1. The second-order valence-electron chi connectivity index (χ2n) is 6.56. The number of thiazole rings is 1. The van der Waals surface area contributed by atoms with Gasteiger partial charge in [-0.25, -0.2) is 4.98 Å². The Kier molecular flexibility index (Phi) is 6.18. The van der Waals surface area contributed by atoms with Crippen molar-refractivity contribution in [3.05, 3.63) is 76.1 Å². The molecule has 1 aromatic heterocycles. The van der Waals surface area contributed by atoms with Gasteiger partial charge in [0.1, 0.15) is 0 Å². The third-order valence-corrected chi connectivity index (χ3v) is 5.24. The Labute approximate surface area is 159 Å². The number of aromatic nitrogens is 1. The summed E-state index contributed by atoms with van der Waals surface area (Å²) < 4.78 is 0.